The third-order valence-electron chi connectivity index (χ3n) is 0.673. The second-order valence-corrected chi connectivity index (χ2v) is 1.47. The maximum atomic E-state index is 9.81. The van der Waals surface area contributed by atoms with Gasteiger partial charge in [0.25, 0.3) is 0 Å². The van der Waals surface area contributed by atoms with Crippen molar-refractivity contribution >= 4 is 0 Å². The highest BCUT2D eigenvalue weighted by molar-refractivity contribution is 4.37. The topological polar surface area (TPSA) is 82.0 Å². The molecule has 0 saturated heterocycles. The highest BCUT2D eigenvalue weighted by atomic mass is 16.3. The second-order valence-electron chi connectivity index (χ2n) is 1.47. The Balaban J connectivity index is 2.60. The third kappa shape index (κ3) is 7.80. The SMILES string of the molecule is NCCNNNCC[O]. The van der Waals surface area contributed by atoms with Crippen molar-refractivity contribution in [1.82, 2.24) is 16.4 Å². The molecule has 0 unspecified atom stereocenters. The fourth-order valence-electron chi connectivity index (χ4n) is 0.311. The summed E-state index contributed by atoms with van der Waals surface area (Å²) < 4.78 is 0. The zero-order valence-corrected chi connectivity index (χ0v) is 5.31. The van der Waals surface area contributed by atoms with Crippen LogP contribution in [0.15, 0.2) is 0 Å². The molecule has 0 aliphatic heterocycles. The van der Waals surface area contributed by atoms with E-state index < -0.39 is 0 Å². The minimum atomic E-state index is -0.128. The highest BCUT2D eigenvalue weighted by Gasteiger charge is 1.80. The minimum absolute atomic E-state index is 0.128. The lowest BCUT2D eigenvalue weighted by Crippen LogP contribution is -2.46. The van der Waals surface area contributed by atoms with Gasteiger partial charge in [0.2, 0.25) is 0 Å². The molecule has 0 rings (SSSR count). The smallest absolute Gasteiger partial charge is 0.0961 e. The molecule has 5 heteroatoms. The first-order valence-corrected chi connectivity index (χ1v) is 2.90. The van der Waals surface area contributed by atoms with Crippen molar-refractivity contribution in [2.24, 2.45) is 5.73 Å². The summed E-state index contributed by atoms with van der Waals surface area (Å²) in [6.45, 7) is 1.55. The van der Waals surface area contributed by atoms with Gasteiger partial charge in [0.05, 0.1) is 6.61 Å². The Morgan fingerprint density at radius 2 is 1.89 bits per heavy atom. The first kappa shape index (κ1) is 8.80. The van der Waals surface area contributed by atoms with Crippen molar-refractivity contribution in [3.63, 3.8) is 0 Å². The van der Waals surface area contributed by atoms with Crippen LogP contribution in [0.5, 0.6) is 0 Å². The predicted molar refractivity (Wildman–Crippen MR) is 33.7 cm³/mol. The monoisotopic (exact) mass is 133 g/mol. The van der Waals surface area contributed by atoms with Gasteiger partial charge in [0.15, 0.2) is 0 Å². The van der Waals surface area contributed by atoms with Crippen molar-refractivity contribution in [2.75, 3.05) is 26.2 Å². The van der Waals surface area contributed by atoms with Crippen molar-refractivity contribution < 1.29 is 5.11 Å². The molecule has 0 atom stereocenters. The molecule has 0 aliphatic carbocycles. The summed E-state index contributed by atoms with van der Waals surface area (Å²) in [5, 5.41) is 9.81. The van der Waals surface area contributed by atoms with Crippen LogP contribution in [0, 0.1) is 0 Å². The van der Waals surface area contributed by atoms with Crippen LogP contribution in [0.4, 0.5) is 0 Å². The molecule has 0 fully saturated rings. The summed E-state index contributed by atoms with van der Waals surface area (Å²) in [5.41, 5.74) is 13.1. The van der Waals surface area contributed by atoms with Gasteiger partial charge in [0, 0.05) is 19.6 Å². The normalized spacial score (nSPS) is 10.0. The van der Waals surface area contributed by atoms with Crippen LogP contribution in [-0.2, 0) is 5.11 Å². The molecule has 0 aromatic heterocycles. The lowest BCUT2D eigenvalue weighted by Gasteiger charge is -2.04. The van der Waals surface area contributed by atoms with E-state index in [0.29, 0.717) is 19.6 Å². The third-order valence-corrected chi connectivity index (χ3v) is 0.673. The van der Waals surface area contributed by atoms with Crippen LogP contribution in [0.3, 0.4) is 0 Å². The molecule has 0 heterocycles. The summed E-state index contributed by atoms with van der Waals surface area (Å²) in [4.78, 5) is 0. The van der Waals surface area contributed by atoms with Crippen LogP contribution >= 0.6 is 0 Å². The minimum Gasteiger partial charge on any atom is -0.329 e. The molecule has 0 amide bonds. The van der Waals surface area contributed by atoms with Crippen molar-refractivity contribution in [3.8, 4) is 0 Å². The van der Waals surface area contributed by atoms with E-state index in [-0.39, 0.29) is 6.61 Å². The molecule has 0 saturated carbocycles. The summed E-state index contributed by atoms with van der Waals surface area (Å²) in [6, 6.07) is 0. The summed E-state index contributed by atoms with van der Waals surface area (Å²) in [7, 11) is 0. The van der Waals surface area contributed by atoms with Crippen LogP contribution in [-0.4, -0.2) is 26.2 Å². The van der Waals surface area contributed by atoms with E-state index in [1.54, 1.807) is 0 Å². The molecule has 5 N–H and O–H groups in total. The maximum Gasteiger partial charge on any atom is 0.0961 e. The molecule has 1 radical (unpaired) electrons. The van der Waals surface area contributed by atoms with Crippen molar-refractivity contribution in [2.45, 2.75) is 0 Å². The summed E-state index contributed by atoms with van der Waals surface area (Å²) in [5.74, 6) is 0. The largest absolute Gasteiger partial charge is 0.329 e. The van der Waals surface area contributed by atoms with Crippen molar-refractivity contribution in [1.29, 1.82) is 0 Å². The number of nitrogens with two attached hydrogens (primary N) is 1. The van der Waals surface area contributed by atoms with Crippen LogP contribution in [0.1, 0.15) is 0 Å². The van der Waals surface area contributed by atoms with Gasteiger partial charge in [-0.05, 0) is 0 Å². The van der Waals surface area contributed by atoms with E-state index in [1.165, 1.54) is 0 Å². The fourth-order valence-corrected chi connectivity index (χ4v) is 0.311. The van der Waals surface area contributed by atoms with E-state index in [1.807, 2.05) is 0 Å². The molecular formula is C4H13N4O. The number of nitrogens with one attached hydrogen (secondary N) is 3. The molecule has 55 valence electrons. The van der Waals surface area contributed by atoms with Crippen LogP contribution in [0.2, 0.25) is 0 Å². The Morgan fingerprint density at radius 3 is 2.44 bits per heavy atom. The molecule has 0 spiro atoms. The zero-order chi connectivity index (χ0) is 6.95. The quantitative estimate of drug-likeness (QED) is 0.249. The second kappa shape index (κ2) is 7.80. The zero-order valence-electron chi connectivity index (χ0n) is 5.31. The number of hydrogen-bond acceptors (Lipinski definition) is 4. The number of hydrogen-bond donors (Lipinski definition) is 4. The molecule has 0 aliphatic rings. The standard InChI is InChI=1S/C4H13N4O/c5-1-2-6-8-7-3-4-9/h6-8H,1-5H2. The average molecular weight is 133 g/mol. The fraction of sp³-hybridized carbons (Fsp3) is 1.00. The average Bonchev–Trinajstić information content (AvgIpc) is 1.89. The van der Waals surface area contributed by atoms with E-state index in [9.17, 15) is 5.11 Å². The van der Waals surface area contributed by atoms with Crippen LogP contribution in [0.25, 0.3) is 0 Å². The molecule has 5 nitrogen and oxygen atoms in total. The maximum absolute atomic E-state index is 9.81. The number of hydrazine groups is 2. The Bertz CT molecular complexity index is 45.8. The van der Waals surface area contributed by atoms with E-state index in [2.05, 4.69) is 16.4 Å². The lowest BCUT2D eigenvalue weighted by molar-refractivity contribution is 0.186. The summed E-state index contributed by atoms with van der Waals surface area (Å²) in [6.07, 6.45) is 0. The Hall–Kier alpha value is -0.200. The van der Waals surface area contributed by atoms with Crippen LogP contribution < -0.4 is 22.1 Å². The van der Waals surface area contributed by atoms with E-state index in [0.717, 1.165) is 0 Å². The first-order chi connectivity index (χ1) is 4.41. The predicted octanol–water partition coefficient (Wildman–Crippen LogP) is -2.03. The van der Waals surface area contributed by atoms with Gasteiger partial charge in [-0.3, -0.25) is 0 Å². The molecule has 9 heavy (non-hydrogen) atoms. The van der Waals surface area contributed by atoms with Gasteiger partial charge in [-0.2, -0.15) is 5.53 Å². The number of rotatable bonds is 6. The Labute approximate surface area is 54.6 Å². The Morgan fingerprint density at radius 1 is 1.22 bits per heavy atom. The van der Waals surface area contributed by atoms with Gasteiger partial charge < -0.3 is 5.73 Å². The molecule has 0 aromatic rings. The lowest BCUT2D eigenvalue weighted by atomic mass is 10.7. The summed E-state index contributed by atoms with van der Waals surface area (Å²) >= 11 is 0. The Kier molecular flexibility index (Phi) is 7.63. The molecule has 0 aromatic carbocycles. The van der Waals surface area contributed by atoms with E-state index in [4.69, 9.17) is 5.73 Å². The highest BCUT2D eigenvalue weighted by Crippen LogP contribution is 1.48. The molecule has 0 bridgehead atoms. The first-order valence-electron chi connectivity index (χ1n) is 2.90. The van der Waals surface area contributed by atoms with Gasteiger partial charge in [-0.25, -0.2) is 16.0 Å². The van der Waals surface area contributed by atoms with Gasteiger partial charge in [-0.15, -0.1) is 0 Å². The van der Waals surface area contributed by atoms with Crippen molar-refractivity contribution in [3.05, 3.63) is 0 Å². The van der Waals surface area contributed by atoms with Gasteiger partial charge in [0.1, 0.15) is 0 Å². The van der Waals surface area contributed by atoms with Gasteiger partial charge in [-0.1, -0.05) is 0 Å². The van der Waals surface area contributed by atoms with E-state index >= 15 is 0 Å². The van der Waals surface area contributed by atoms with Gasteiger partial charge >= 0.3 is 0 Å². The molecular weight excluding hydrogens is 120 g/mol.